The van der Waals surface area contributed by atoms with E-state index >= 15 is 0 Å². The standard InChI is InChI=1S/C23H32N8OSi/c1-29(21-11-17-12-27-28-20(17)13-24-21)18-5-7-30(14-18)22-19-6-8-31(23(19)26-15-25-22)16-32-9-10-33(2,3)4/h6,8,11-13,15,18H,5,7,9-10,14,16H2,1-4H3,(H,27,28). The summed E-state index contributed by atoms with van der Waals surface area (Å²) in [5.74, 6) is 1.96. The highest BCUT2D eigenvalue weighted by Crippen LogP contribution is 2.29. The number of H-pyrrole nitrogens is 1. The van der Waals surface area contributed by atoms with Gasteiger partial charge in [-0.05, 0) is 24.6 Å². The van der Waals surface area contributed by atoms with Crippen LogP contribution in [0.25, 0.3) is 21.9 Å². The van der Waals surface area contributed by atoms with E-state index in [0.717, 1.165) is 65.7 Å². The van der Waals surface area contributed by atoms with Crippen LogP contribution in [0.4, 0.5) is 11.6 Å². The van der Waals surface area contributed by atoms with Crippen LogP contribution in [0.3, 0.4) is 0 Å². The van der Waals surface area contributed by atoms with Crippen molar-refractivity contribution in [2.24, 2.45) is 0 Å². The number of likely N-dealkylation sites (N-methyl/N-ethyl adjacent to an activating group) is 1. The van der Waals surface area contributed by atoms with Gasteiger partial charge in [0.05, 0.1) is 23.3 Å². The molecule has 33 heavy (non-hydrogen) atoms. The second-order valence-corrected chi connectivity index (χ2v) is 15.7. The first-order valence-corrected chi connectivity index (χ1v) is 15.2. The van der Waals surface area contributed by atoms with Crippen molar-refractivity contribution >= 4 is 41.6 Å². The van der Waals surface area contributed by atoms with Crippen LogP contribution < -0.4 is 9.80 Å². The van der Waals surface area contributed by atoms with Gasteiger partial charge in [-0.3, -0.25) is 5.10 Å². The molecule has 5 rings (SSSR count). The fraction of sp³-hybridized carbons (Fsp3) is 0.478. The van der Waals surface area contributed by atoms with Crippen molar-refractivity contribution in [3.63, 3.8) is 0 Å². The first-order valence-electron chi connectivity index (χ1n) is 11.5. The number of hydrogen-bond donors (Lipinski definition) is 1. The lowest BCUT2D eigenvalue weighted by Gasteiger charge is -2.26. The maximum atomic E-state index is 5.95. The highest BCUT2D eigenvalue weighted by molar-refractivity contribution is 6.76. The number of anilines is 2. The maximum absolute atomic E-state index is 5.95. The van der Waals surface area contributed by atoms with Crippen molar-refractivity contribution in [1.29, 1.82) is 0 Å². The smallest absolute Gasteiger partial charge is 0.147 e. The van der Waals surface area contributed by atoms with Crippen LogP contribution in [-0.4, -0.2) is 70.6 Å². The zero-order valence-corrected chi connectivity index (χ0v) is 20.8. The lowest BCUT2D eigenvalue weighted by atomic mass is 10.2. The van der Waals surface area contributed by atoms with E-state index in [1.165, 1.54) is 0 Å². The Balaban J connectivity index is 1.28. The molecule has 1 unspecified atom stereocenters. The highest BCUT2D eigenvalue weighted by Gasteiger charge is 2.29. The topological polar surface area (TPSA) is 88.0 Å². The van der Waals surface area contributed by atoms with E-state index in [1.54, 1.807) is 6.33 Å². The molecule has 1 aliphatic rings. The Bertz CT molecular complexity index is 1250. The predicted octanol–water partition coefficient (Wildman–Crippen LogP) is 3.73. The summed E-state index contributed by atoms with van der Waals surface area (Å²) in [6.45, 7) is 10.3. The maximum Gasteiger partial charge on any atom is 0.147 e. The van der Waals surface area contributed by atoms with E-state index in [4.69, 9.17) is 4.74 Å². The Morgan fingerprint density at radius 2 is 2.09 bits per heavy atom. The van der Waals surface area contributed by atoms with Gasteiger partial charge >= 0.3 is 0 Å². The van der Waals surface area contributed by atoms with E-state index in [0.29, 0.717) is 12.8 Å². The van der Waals surface area contributed by atoms with Gasteiger partial charge in [0.15, 0.2) is 0 Å². The monoisotopic (exact) mass is 464 g/mol. The molecule has 5 heterocycles. The molecule has 1 aliphatic heterocycles. The third kappa shape index (κ3) is 4.58. The fourth-order valence-corrected chi connectivity index (χ4v) is 5.11. The molecule has 1 fully saturated rings. The molecule has 0 spiro atoms. The highest BCUT2D eigenvalue weighted by atomic mass is 28.3. The molecule has 0 amide bonds. The quantitative estimate of drug-likeness (QED) is 0.314. The molecule has 0 aromatic carbocycles. The summed E-state index contributed by atoms with van der Waals surface area (Å²) in [4.78, 5) is 18.4. The van der Waals surface area contributed by atoms with Gasteiger partial charge in [0.1, 0.15) is 30.3 Å². The Morgan fingerprint density at radius 3 is 2.94 bits per heavy atom. The number of pyridine rings is 1. The summed E-state index contributed by atoms with van der Waals surface area (Å²) >= 11 is 0. The summed E-state index contributed by atoms with van der Waals surface area (Å²) < 4.78 is 8.03. The number of ether oxygens (including phenoxy) is 1. The van der Waals surface area contributed by atoms with Gasteiger partial charge in [0.2, 0.25) is 0 Å². The Hall–Kier alpha value is -2.98. The SMILES string of the molecule is CN(c1cc2cn[nH]c2cn1)C1CCN(c2ncnc3c2ccn3COCC[Si](C)(C)C)C1. The zero-order valence-electron chi connectivity index (χ0n) is 19.8. The molecule has 174 valence electrons. The average molecular weight is 465 g/mol. The van der Waals surface area contributed by atoms with E-state index in [-0.39, 0.29) is 0 Å². The van der Waals surface area contributed by atoms with Gasteiger partial charge < -0.3 is 19.1 Å². The van der Waals surface area contributed by atoms with Crippen LogP contribution in [0.5, 0.6) is 0 Å². The van der Waals surface area contributed by atoms with E-state index in [9.17, 15) is 0 Å². The molecule has 4 aromatic heterocycles. The summed E-state index contributed by atoms with van der Waals surface area (Å²) in [7, 11) is 1.03. The summed E-state index contributed by atoms with van der Waals surface area (Å²) in [5.41, 5.74) is 1.88. The Morgan fingerprint density at radius 1 is 1.21 bits per heavy atom. The van der Waals surface area contributed by atoms with Crippen LogP contribution in [0, 0.1) is 0 Å². The number of aromatic amines is 1. The summed E-state index contributed by atoms with van der Waals surface area (Å²) in [5, 5.41) is 9.22. The van der Waals surface area contributed by atoms with Gasteiger partial charge in [-0.15, -0.1) is 0 Å². The number of nitrogens with zero attached hydrogens (tertiary/aromatic N) is 7. The molecule has 0 saturated carbocycles. The van der Waals surface area contributed by atoms with Crippen molar-refractivity contribution < 1.29 is 4.74 Å². The van der Waals surface area contributed by atoms with Crippen molar-refractivity contribution in [1.82, 2.24) is 29.7 Å². The minimum Gasteiger partial charge on any atom is -0.361 e. The van der Waals surface area contributed by atoms with Crippen LogP contribution in [0.15, 0.2) is 37.1 Å². The Labute approximate surface area is 194 Å². The molecule has 0 aliphatic carbocycles. The van der Waals surface area contributed by atoms with Gasteiger partial charge in [0.25, 0.3) is 0 Å². The fourth-order valence-electron chi connectivity index (χ4n) is 4.35. The van der Waals surface area contributed by atoms with Crippen LogP contribution in [-0.2, 0) is 11.5 Å². The minimum atomic E-state index is -1.09. The third-order valence-corrected chi connectivity index (χ3v) is 8.15. The number of aromatic nitrogens is 6. The van der Waals surface area contributed by atoms with Gasteiger partial charge in [-0.1, -0.05) is 19.6 Å². The van der Waals surface area contributed by atoms with Crippen molar-refractivity contribution in [2.75, 3.05) is 36.5 Å². The summed E-state index contributed by atoms with van der Waals surface area (Å²) in [6.07, 6.45) is 8.46. The molecule has 0 bridgehead atoms. The number of fused-ring (bicyclic) bond motifs is 2. The molecule has 1 atom stereocenters. The normalized spacial score (nSPS) is 16.8. The second-order valence-electron chi connectivity index (χ2n) is 10.1. The minimum absolute atomic E-state index is 0.360. The van der Waals surface area contributed by atoms with Gasteiger partial charge in [-0.25, -0.2) is 15.0 Å². The van der Waals surface area contributed by atoms with Crippen LogP contribution in [0.1, 0.15) is 6.42 Å². The zero-order chi connectivity index (χ0) is 23.0. The van der Waals surface area contributed by atoms with Crippen molar-refractivity contribution in [2.45, 2.75) is 44.9 Å². The number of nitrogens with one attached hydrogen (secondary N) is 1. The number of hydrogen-bond acceptors (Lipinski definition) is 7. The first kappa shape index (κ1) is 21.8. The van der Waals surface area contributed by atoms with Crippen molar-refractivity contribution in [3.05, 3.63) is 37.1 Å². The molecule has 10 heteroatoms. The van der Waals surface area contributed by atoms with E-state index in [2.05, 4.69) is 84.5 Å². The average Bonchev–Trinajstić information content (AvgIpc) is 3.54. The molecule has 1 saturated heterocycles. The van der Waals surface area contributed by atoms with Crippen molar-refractivity contribution in [3.8, 4) is 0 Å². The summed E-state index contributed by atoms with van der Waals surface area (Å²) in [6, 6.07) is 5.72. The first-order chi connectivity index (χ1) is 15.9. The third-order valence-electron chi connectivity index (χ3n) is 6.44. The largest absolute Gasteiger partial charge is 0.361 e. The van der Waals surface area contributed by atoms with E-state index < -0.39 is 8.07 Å². The molecule has 9 nitrogen and oxygen atoms in total. The number of rotatable bonds is 8. The molecular weight excluding hydrogens is 432 g/mol. The lowest BCUT2D eigenvalue weighted by Crippen LogP contribution is -2.35. The van der Waals surface area contributed by atoms with Gasteiger partial charge in [0, 0.05) is 52.4 Å². The predicted molar refractivity (Wildman–Crippen MR) is 135 cm³/mol. The van der Waals surface area contributed by atoms with Crippen LogP contribution >= 0.6 is 0 Å². The van der Waals surface area contributed by atoms with Gasteiger partial charge in [-0.2, -0.15) is 5.10 Å². The molecule has 1 N–H and O–H groups in total. The Kier molecular flexibility index (Phi) is 5.79. The van der Waals surface area contributed by atoms with Crippen LogP contribution in [0.2, 0.25) is 25.7 Å². The second kappa shape index (κ2) is 8.75. The molecule has 0 radical (unpaired) electrons. The lowest BCUT2D eigenvalue weighted by molar-refractivity contribution is 0.0899. The van der Waals surface area contributed by atoms with E-state index in [1.807, 2.05) is 12.4 Å². The molecular formula is C23H32N8OSi. The molecule has 4 aromatic rings.